The van der Waals surface area contributed by atoms with E-state index in [0.29, 0.717) is 26.3 Å². The fourth-order valence-corrected chi connectivity index (χ4v) is 7.20. The van der Waals surface area contributed by atoms with Crippen LogP contribution in [0.15, 0.2) is 52.3 Å². The molecule has 2 aliphatic rings. The van der Waals surface area contributed by atoms with E-state index in [1.54, 1.807) is 12.1 Å². The molecule has 0 radical (unpaired) electrons. The minimum Gasteiger partial charge on any atom is -0.482 e. The van der Waals surface area contributed by atoms with Gasteiger partial charge in [0.15, 0.2) is 6.61 Å². The van der Waals surface area contributed by atoms with Gasteiger partial charge in [0.1, 0.15) is 5.75 Å². The first-order valence-electron chi connectivity index (χ1n) is 11.5. The number of nitrogens with one attached hydrogen (secondary N) is 1. The molecule has 0 aromatic heterocycles. The maximum atomic E-state index is 12.8. The third-order valence-electron chi connectivity index (χ3n) is 5.99. The van der Waals surface area contributed by atoms with Gasteiger partial charge in [-0.25, -0.2) is 16.8 Å². The number of hydrogen-bond acceptors (Lipinski definition) is 7. The highest BCUT2D eigenvalue weighted by Gasteiger charge is 2.28. The average Bonchev–Trinajstić information content (AvgIpc) is 3.44. The summed E-state index contributed by atoms with van der Waals surface area (Å²) >= 11 is 6.21. The van der Waals surface area contributed by atoms with Crippen LogP contribution in [0, 0.1) is 0 Å². The highest BCUT2D eigenvalue weighted by molar-refractivity contribution is 7.89. The van der Waals surface area contributed by atoms with Gasteiger partial charge in [-0.15, -0.1) is 0 Å². The second kappa shape index (κ2) is 11.4. The number of carbonyl (C=O) groups is 1. The van der Waals surface area contributed by atoms with Crippen LogP contribution < -0.4 is 10.1 Å². The van der Waals surface area contributed by atoms with Crippen molar-refractivity contribution < 1.29 is 31.1 Å². The van der Waals surface area contributed by atoms with Crippen LogP contribution in [0.4, 0.5) is 0 Å². The van der Waals surface area contributed by atoms with Crippen LogP contribution in [-0.4, -0.2) is 77.4 Å². The van der Waals surface area contributed by atoms with Gasteiger partial charge in [-0.2, -0.15) is 8.61 Å². The van der Waals surface area contributed by atoms with E-state index < -0.39 is 26.0 Å². The lowest BCUT2D eigenvalue weighted by atomic mass is 10.2. The van der Waals surface area contributed by atoms with Crippen molar-refractivity contribution >= 4 is 37.6 Å². The molecule has 1 N–H and O–H groups in total. The summed E-state index contributed by atoms with van der Waals surface area (Å²) in [6.07, 6.45) is 1.74. The van der Waals surface area contributed by atoms with E-state index >= 15 is 0 Å². The third-order valence-corrected chi connectivity index (χ3v) is 10.1. The topological polar surface area (TPSA) is 122 Å². The summed E-state index contributed by atoms with van der Waals surface area (Å²) in [6, 6.07) is 10.5. The summed E-state index contributed by atoms with van der Waals surface area (Å²) in [4.78, 5) is 12.5. The normalized spacial score (nSPS) is 17.7. The van der Waals surface area contributed by atoms with Crippen LogP contribution in [0.2, 0.25) is 5.02 Å². The monoisotopic (exact) mass is 557 g/mol. The Balaban J connectivity index is 1.28. The zero-order chi connectivity index (χ0) is 25.8. The number of sulfonamides is 2. The first kappa shape index (κ1) is 26.8. The van der Waals surface area contributed by atoms with Crippen LogP contribution in [0.3, 0.4) is 0 Å². The molecular weight excluding hydrogens is 530 g/mol. The van der Waals surface area contributed by atoms with Gasteiger partial charge < -0.3 is 14.8 Å². The van der Waals surface area contributed by atoms with Crippen molar-refractivity contribution in [2.45, 2.75) is 29.2 Å². The number of rotatable bonds is 9. The fourth-order valence-electron chi connectivity index (χ4n) is 3.95. The molecule has 0 atom stereocenters. The molecule has 4 rings (SSSR count). The van der Waals surface area contributed by atoms with Gasteiger partial charge in [-0.3, -0.25) is 4.79 Å². The van der Waals surface area contributed by atoms with Gasteiger partial charge in [0, 0.05) is 32.7 Å². The van der Waals surface area contributed by atoms with Crippen molar-refractivity contribution in [3.05, 3.63) is 53.1 Å². The lowest BCUT2D eigenvalue weighted by Crippen LogP contribution is -2.40. The second-order valence-corrected chi connectivity index (χ2v) is 12.7. The Morgan fingerprint density at radius 1 is 0.889 bits per heavy atom. The molecule has 2 aromatic carbocycles. The predicted molar refractivity (Wildman–Crippen MR) is 133 cm³/mol. The molecule has 0 saturated carbocycles. The van der Waals surface area contributed by atoms with Gasteiger partial charge in [-0.05, 0) is 48.7 Å². The smallest absolute Gasteiger partial charge is 0.258 e. The van der Waals surface area contributed by atoms with Crippen LogP contribution >= 0.6 is 11.6 Å². The lowest BCUT2D eigenvalue weighted by Gasteiger charge is -2.26. The largest absolute Gasteiger partial charge is 0.482 e. The maximum absolute atomic E-state index is 12.8. The molecule has 0 spiro atoms. The van der Waals surface area contributed by atoms with E-state index in [1.165, 1.54) is 38.9 Å². The predicted octanol–water partition coefficient (Wildman–Crippen LogP) is 1.84. The molecule has 13 heteroatoms. The fraction of sp³-hybridized carbons (Fsp3) is 0.435. The number of morpholine rings is 1. The van der Waals surface area contributed by atoms with E-state index in [0.717, 1.165) is 18.4 Å². The number of ether oxygens (including phenoxy) is 2. The Kier molecular flexibility index (Phi) is 8.53. The Morgan fingerprint density at radius 3 is 2.11 bits per heavy atom. The first-order valence-corrected chi connectivity index (χ1v) is 14.8. The third kappa shape index (κ3) is 6.18. The van der Waals surface area contributed by atoms with E-state index in [1.807, 2.05) is 0 Å². The van der Waals surface area contributed by atoms with Crippen molar-refractivity contribution in [1.29, 1.82) is 0 Å². The Labute approximate surface area is 216 Å². The molecule has 2 saturated heterocycles. The molecule has 1 amide bonds. The summed E-state index contributed by atoms with van der Waals surface area (Å²) in [5.41, 5.74) is 0.736. The van der Waals surface area contributed by atoms with Crippen molar-refractivity contribution in [1.82, 2.24) is 13.9 Å². The number of amides is 1. The number of halogens is 1. The molecule has 2 heterocycles. The molecule has 2 aromatic rings. The minimum absolute atomic E-state index is 0.0430. The Hall–Kier alpha value is -2.22. The Bertz CT molecular complexity index is 1290. The van der Waals surface area contributed by atoms with Crippen molar-refractivity contribution in [2.24, 2.45) is 0 Å². The molecule has 0 bridgehead atoms. The quantitative estimate of drug-likeness (QED) is 0.499. The van der Waals surface area contributed by atoms with E-state index in [9.17, 15) is 21.6 Å². The molecule has 2 aliphatic heterocycles. The summed E-state index contributed by atoms with van der Waals surface area (Å²) < 4.78 is 64.2. The summed E-state index contributed by atoms with van der Waals surface area (Å²) in [7, 11) is -7.18. The van der Waals surface area contributed by atoms with Crippen LogP contribution in [0.25, 0.3) is 0 Å². The van der Waals surface area contributed by atoms with Crippen molar-refractivity contribution in [3.63, 3.8) is 0 Å². The zero-order valence-electron chi connectivity index (χ0n) is 19.6. The molecule has 2 fully saturated rings. The van der Waals surface area contributed by atoms with E-state index in [-0.39, 0.29) is 46.8 Å². The number of nitrogens with zero attached hydrogens (tertiary/aromatic N) is 2. The summed E-state index contributed by atoms with van der Waals surface area (Å²) in [6.45, 7) is 2.17. The highest BCUT2D eigenvalue weighted by atomic mass is 35.5. The molecule has 10 nitrogen and oxygen atoms in total. The van der Waals surface area contributed by atoms with Crippen LogP contribution in [-0.2, 0) is 36.1 Å². The Morgan fingerprint density at radius 2 is 1.47 bits per heavy atom. The van der Waals surface area contributed by atoms with Gasteiger partial charge in [0.2, 0.25) is 20.0 Å². The van der Waals surface area contributed by atoms with Gasteiger partial charge >= 0.3 is 0 Å². The number of hydrogen-bond donors (Lipinski definition) is 1. The standard InChI is InChI=1S/C23H28ClN3O7S2/c24-21-15-20(36(31,32)27-11-13-33-14-12-27)7-8-22(21)34-17-23(28)25-16-18-3-5-19(6-4-18)35(29,30)26-9-1-2-10-26/h3-8,15H,1-2,9-14,16-17H2,(H,25,28). The molecule has 0 unspecified atom stereocenters. The number of carbonyl (C=O) groups excluding carboxylic acids is 1. The maximum Gasteiger partial charge on any atom is 0.258 e. The molecule has 0 aliphatic carbocycles. The lowest BCUT2D eigenvalue weighted by molar-refractivity contribution is -0.123. The van der Waals surface area contributed by atoms with Crippen LogP contribution in [0.1, 0.15) is 18.4 Å². The van der Waals surface area contributed by atoms with Gasteiger partial charge in [-0.1, -0.05) is 23.7 Å². The summed E-state index contributed by atoms with van der Waals surface area (Å²) in [5, 5.41) is 2.78. The van der Waals surface area contributed by atoms with E-state index in [2.05, 4.69) is 5.32 Å². The molecular formula is C23H28ClN3O7S2. The zero-order valence-corrected chi connectivity index (χ0v) is 21.9. The van der Waals surface area contributed by atoms with Gasteiger partial charge in [0.05, 0.1) is 28.0 Å². The first-order chi connectivity index (χ1) is 17.2. The van der Waals surface area contributed by atoms with Crippen molar-refractivity contribution in [2.75, 3.05) is 46.0 Å². The van der Waals surface area contributed by atoms with Crippen molar-refractivity contribution in [3.8, 4) is 5.75 Å². The second-order valence-electron chi connectivity index (χ2n) is 8.43. The van der Waals surface area contributed by atoms with Crippen LogP contribution in [0.5, 0.6) is 5.75 Å². The molecule has 196 valence electrons. The summed E-state index contributed by atoms with van der Waals surface area (Å²) in [5.74, 6) is -0.228. The SMILES string of the molecule is O=C(COc1ccc(S(=O)(=O)N2CCOCC2)cc1Cl)NCc1ccc(S(=O)(=O)N2CCCC2)cc1. The highest BCUT2D eigenvalue weighted by Crippen LogP contribution is 2.29. The minimum atomic E-state index is -3.70. The van der Waals surface area contributed by atoms with Gasteiger partial charge in [0.25, 0.3) is 5.91 Å². The average molecular weight is 558 g/mol. The number of benzene rings is 2. The van der Waals surface area contributed by atoms with E-state index in [4.69, 9.17) is 21.1 Å². The molecule has 36 heavy (non-hydrogen) atoms.